The molecule has 1 aromatic heterocycles. The predicted molar refractivity (Wildman–Crippen MR) is 84.7 cm³/mol. The van der Waals surface area contributed by atoms with Crippen molar-refractivity contribution in [3.8, 4) is 0 Å². The highest BCUT2D eigenvalue weighted by molar-refractivity contribution is 5.11. The Kier molecular flexibility index (Phi) is 4.82. The first-order valence-corrected chi connectivity index (χ1v) is 7.96. The second kappa shape index (κ2) is 6.23. The van der Waals surface area contributed by atoms with Crippen molar-refractivity contribution in [1.29, 1.82) is 0 Å². The Balaban J connectivity index is 2.22. The van der Waals surface area contributed by atoms with Gasteiger partial charge in [0.15, 0.2) is 0 Å². The van der Waals surface area contributed by atoms with E-state index in [0.717, 1.165) is 19.6 Å². The number of pyridine rings is 1. The molecule has 20 heavy (non-hydrogen) atoms. The number of nitrogens with zero attached hydrogens (tertiary/aromatic N) is 2. The van der Waals surface area contributed by atoms with Gasteiger partial charge < -0.3 is 5.32 Å². The largest absolute Gasteiger partial charge is 0.308 e. The average molecular weight is 275 g/mol. The Labute approximate surface area is 123 Å². The molecule has 0 spiro atoms. The molecule has 0 radical (unpaired) electrons. The summed E-state index contributed by atoms with van der Waals surface area (Å²) in [5, 5.41) is 3.80. The second-order valence-corrected chi connectivity index (χ2v) is 6.42. The summed E-state index contributed by atoms with van der Waals surface area (Å²) < 4.78 is 0. The first kappa shape index (κ1) is 15.5. The fourth-order valence-corrected chi connectivity index (χ4v) is 3.25. The SMILES string of the molecule is CCC1(C)CN(Cc2cccnc2)C(CC)(CC)CN1. The monoisotopic (exact) mass is 275 g/mol. The van der Waals surface area contributed by atoms with Gasteiger partial charge in [-0.1, -0.05) is 26.8 Å². The lowest BCUT2D eigenvalue weighted by Gasteiger charge is -2.53. The molecule has 3 heteroatoms. The summed E-state index contributed by atoms with van der Waals surface area (Å²) in [5.41, 5.74) is 1.83. The molecule has 1 aliphatic rings. The topological polar surface area (TPSA) is 28.2 Å². The Morgan fingerprint density at radius 1 is 1.25 bits per heavy atom. The summed E-state index contributed by atoms with van der Waals surface area (Å²) in [7, 11) is 0. The summed E-state index contributed by atoms with van der Waals surface area (Å²) in [6.07, 6.45) is 7.40. The molecule has 1 aliphatic heterocycles. The van der Waals surface area contributed by atoms with E-state index in [9.17, 15) is 0 Å². The van der Waals surface area contributed by atoms with Crippen molar-refractivity contribution < 1.29 is 0 Å². The van der Waals surface area contributed by atoms with E-state index in [2.05, 4.69) is 49.0 Å². The molecule has 112 valence electrons. The van der Waals surface area contributed by atoms with Crippen LogP contribution in [-0.2, 0) is 6.54 Å². The Morgan fingerprint density at radius 3 is 2.55 bits per heavy atom. The molecule has 1 N–H and O–H groups in total. The zero-order chi connectivity index (χ0) is 14.6. The Hall–Kier alpha value is -0.930. The summed E-state index contributed by atoms with van der Waals surface area (Å²) in [6.45, 7) is 12.5. The first-order chi connectivity index (χ1) is 9.57. The molecule has 1 unspecified atom stereocenters. The number of aromatic nitrogens is 1. The molecule has 1 atom stereocenters. The summed E-state index contributed by atoms with van der Waals surface area (Å²) >= 11 is 0. The lowest BCUT2D eigenvalue weighted by Crippen LogP contribution is -2.68. The molecule has 0 saturated carbocycles. The number of piperazine rings is 1. The van der Waals surface area contributed by atoms with Gasteiger partial charge in [-0.05, 0) is 37.8 Å². The van der Waals surface area contributed by atoms with Crippen LogP contribution in [0.15, 0.2) is 24.5 Å². The molecule has 2 rings (SSSR count). The van der Waals surface area contributed by atoms with Crippen LogP contribution in [0, 0.1) is 0 Å². The molecule has 1 fully saturated rings. The van der Waals surface area contributed by atoms with Gasteiger partial charge in [0.1, 0.15) is 0 Å². The van der Waals surface area contributed by atoms with Gasteiger partial charge in [-0.2, -0.15) is 0 Å². The molecule has 1 aromatic rings. The fourth-order valence-electron chi connectivity index (χ4n) is 3.25. The fraction of sp³-hybridized carbons (Fsp3) is 0.706. The van der Waals surface area contributed by atoms with Gasteiger partial charge in [0, 0.05) is 43.1 Å². The van der Waals surface area contributed by atoms with Crippen molar-refractivity contribution in [2.75, 3.05) is 13.1 Å². The van der Waals surface area contributed by atoms with Crippen LogP contribution in [0.1, 0.15) is 52.5 Å². The lowest BCUT2D eigenvalue weighted by atomic mass is 9.82. The molecule has 2 heterocycles. The van der Waals surface area contributed by atoms with Crippen LogP contribution in [0.4, 0.5) is 0 Å². The van der Waals surface area contributed by atoms with Gasteiger partial charge in [0.25, 0.3) is 0 Å². The Bertz CT molecular complexity index is 414. The molecule has 1 saturated heterocycles. The standard InChI is InChI=1S/C17H29N3/c1-5-16(4)14-20(12-15-9-8-10-18-11-15)17(6-2,7-3)13-19-16/h8-11,19H,5-7,12-14H2,1-4H3. The number of hydrogen-bond donors (Lipinski definition) is 1. The van der Waals surface area contributed by atoms with Gasteiger partial charge in [0.2, 0.25) is 0 Å². The minimum absolute atomic E-state index is 0.232. The van der Waals surface area contributed by atoms with Crippen molar-refractivity contribution in [2.45, 2.75) is 64.6 Å². The lowest BCUT2D eigenvalue weighted by molar-refractivity contribution is -0.00414. The highest BCUT2D eigenvalue weighted by Gasteiger charge is 2.42. The third-order valence-corrected chi connectivity index (χ3v) is 5.25. The maximum atomic E-state index is 4.26. The van der Waals surface area contributed by atoms with Crippen molar-refractivity contribution in [3.63, 3.8) is 0 Å². The van der Waals surface area contributed by atoms with Gasteiger partial charge >= 0.3 is 0 Å². The van der Waals surface area contributed by atoms with E-state index in [1.807, 2.05) is 18.5 Å². The minimum atomic E-state index is 0.232. The molecule has 0 aliphatic carbocycles. The minimum Gasteiger partial charge on any atom is -0.308 e. The quantitative estimate of drug-likeness (QED) is 0.894. The van der Waals surface area contributed by atoms with Crippen LogP contribution < -0.4 is 5.32 Å². The van der Waals surface area contributed by atoms with Crippen LogP contribution in [0.3, 0.4) is 0 Å². The molecular weight excluding hydrogens is 246 g/mol. The highest BCUT2D eigenvalue weighted by Crippen LogP contribution is 2.32. The molecule has 0 bridgehead atoms. The smallest absolute Gasteiger partial charge is 0.0333 e. The molecule has 3 nitrogen and oxygen atoms in total. The van der Waals surface area contributed by atoms with E-state index in [1.54, 1.807) is 0 Å². The molecule has 0 aromatic carbocycles. The van der Waals surface area contributed by atoms with Crippen molar-refractivity contribution >= 4 is 0 Å². The van der Waals surface area contributed by atoms with E-state index >= 15 is 0 Å². The number of hydrogen-bond acceptors (Lipinski definition) is 3. The van der Waals surface area contributed by atoms with Crippen LogP contribution >= 0.6 is 0 Å². The summed E-state index contributed by atoms with van der Waals surface area (Å²) in [5.74, 6) is 0. The zero-order valence-corrected chi connectivity index (χ0v) is 13.4. The third kappa shape index (κ3) is 3.04. The predicted octanol–water partition coefficient (Wildman–Crippen LogP) is 3.21. The van der Waals surface area contributed by atoms with Crippen molar-refractivity contribution in [3.05, 3.63) is 30.1 Å². The van der Waals surface area contributed by atoms with Crippen LogP contribution in [-0.4, -0.2) is 34.1 Å². The molecular formula is C17H29N3. The number of rotatable bonds is 5. The van der Waals surface area contributed by atoms with E-state index < -0.39 is 0 Å². The third-order valence-electron chi connectivity index (χ3n) is 5.25. The second-order valence-electron chi connectivity index (χ2n) is 6.42. The highest BCUT2D eigenvalue weighted by atomic mass is 15.3. The zero-order valence-electron chi connectivity index (χ0n) is 13.4. The normalized spacial score (nSPS) is 26.6. The molecule has 0 amide bonds. The van der Waals surface area contributed by atoms with Crippen molar-refractivity contribution in [1.82, 2.24) is 15.2 Å². The van der Waals surface area contributed by atoms with Crippen LogP contribution in [0.5, 0.6) is 0 Å². The Morgan fingerprint density at radius 2 is 2.00 bits per heavy atom. The van der Waals surface area contributed by atoms with Gasteiger partial charge in [0.05, 0.1) is 0 Å². The average Bonchev–Trinajstić information content (AvgIpc) is 2.49. The maximum absolute atomic E-state index is 4.26. The van der Waals surface area contributed by atoms with E-state index in [1.165, 1.54) is 24.8 Å². The van der Waals surface area contributed by atoms with E-state index in [-0.39, 0.29) is 11.1 Å². The number of nitrogens with one attached hydrogen (secondary N) is 1. The van der Waals surface area contributed by atoms with Gasteiger partial charge in [-0.3, -0.25) is 9.88 Å². The van der Waals surface area contributed by atoms with Crippen LogP contribution in [0.25, 0.3) is 0 Å². The first-order valence-electron chi connectivity index (χ1n) is 7.96. The summed E-state index contributed by atoms with van der Waals surface area (Å²) in [4.78, 5) is 6.95. The van der Waals surface area contributed by atoms with Crippen molar-refractivity contribution in [2.24, 2.45) is 0 Å². The maximum Gasteiger partial charge on any atom is 0.0333 e. The van der Waals surface area contributed by atoms with Gasteiger partial charge in [-0.25, -0.2) is 0 Å². The van der Waals surface area contributed by atoms with Gasteiger partial charge in [-0.15, -0.1) is 0 Å². The van der Waals surface area contributed by atoms with E-state index in [0.29, 0.717) is 0 Å². The summed E-state index contributed by atoms with van der Waals surface area (Å²) in [6, 6.07) is 4.23. The van der Waals surface area contributed by atoms with E-state index in [4.69, 9.17) is 0 Å². The van der Waals surface area contributed by atoms with Crippen LogP contribution in [0.2, 0.25) is 0 Å².